The van der Waals surface area contributed by atoms with Crippen molar-refractivity contribution < 1.29 is 38.0 Å². The first kappa shape index (κ1) is 55.7. The number of carbonyl (C=O) groups excluding carboxylic acids is 2. The Kier molecular flexibility index (Phi) is 24.8. The third-order valence-corrected chi connectivity index (χ3v) is 13.5. The molecule has 2 heterocycles. The lowest BCUT2D eigenvalue weighted by Crippen LogP contribution is -2.43. The smallest absolute Gasteiger partial charge is 0.330 e. The highest BCUT2D eigenvalue weighted by Gasteiger charge is 2.51. The number of rotatable bonds is 35. The molecule has 70 heavy (non-hydrogen) atoms. The fraction of sp³-hybridized carbons (Fsp3) is 0.579. The lowest BCUT2D eigenvalue weighted by atomic mass is 9.80. The Hall–Kier alpha value is -5.24. The average molecular weight is 968 g/mol. The predicted octanol–water partition coefficient (Wildman–Crippen LogP) is 11.1. The van der Waals surface area contributed by atoms with Gasteiger partial charge in [-0.2, -0.15) is 0 Å². The number of aromatic amines is 1. The molecule has 3 aromatic carbocycles. The van der Waals surface area contributed by atoms with Crippen LogP contribution in [0.3, 0.4) is 0 Å². The zero-order chi connectivity index (χ0) is 49.8. The van der Waals surface area contributed by atoms with Gasteiger partial charge in [0, 0.05) is 32.3 Å². The first-order chi connectivity index (χ1) is 34.2. The summed E-state index contributed by atoms with van der Waals surface area (Å²) in [5.41, 5.74) is -0.142. The van der Waals surface area contributed by atoms with E-state index in [4.69, 9.17) is 28.4 Å². The third kappa shape index (κ3) is 17.3. The van der Waals surface area contributed by atoms with Crippen molar-refractivity contribution in [2.24, 2.45) is 0 Å². The molecule has 1 fully saturated rings. The highest BCUT2D eigenvalue weighted by atomic mass is 16.6. The molecule has 0 bridgehead atoms. The first-order valence-corrected chi connectivity index (χ1v) is 26.2. The maximum absolute atomic E-state index is 13.6. The topological polar surface area (TPSA) is 156 Å². The number of benzene rings is 3. The van der Waals surface area contributed by atoms with Gasteiger partial charge in [-0.25, -0.2) is 4.79 Å². The Morgan fingerprint density at radius 1 is 0.629 bits per heavy atom. The van der Waals surface area contributed by atoms with Crippen molar-refractivity contribution >= 4 is 11.9 Å². The number of methoxy groups -OCH3 is 2. The maximum atomic E-state index is 13.6. The van der Waals surface area contributed by atoms with Gasteiger partial charge in [0.15, 0.2) is 12.3 Å². The van der Waals surface area contributed by atoms with Crippen molar-refractivity contribution in [3.63, 3.8) is 0 Å². The molecule has 1 aliphatic heterocycles. The van der Waals surface area contributed by atoms with Gasteiger partial charge in [0.05, 0.1) is 27.2 Å². The SMILES string of the molecule is CCCCCCCCCCCCCCCCCCCCCCO[C@H]1C(OC(=O)CCC(=O)NC)[C@@H](COC(c2ccccc2)(c2ccc(OC)cc2)c2ccc(OC)cc2)O[C@H]1n1ccc(=O)[nH]c1=O. The van der Waals surface area contributed by atoms with Crippen molar-refractivity contribution in [2.45, 2.75) is 178 Å². The standard InChI is InChI=1S/C57H81N3O10/c1-5-6-7-8-9-10-11-12-13-14-15-16-17-18-19-20-21-22-23-27-42-67-54-53(70-52(63)39-38-50(61)58-2)49(69-55(54)60-41-40-51(62)59-56(60)64)43-68-57(44-28-25-24-26-29-44,45-30-34-47(65-3)35-31-45)46-32-36-48(66-4)37-33-46/h24-26,28-37,40-41,49,53-55H,5-23,27,38-39,42-43H2,1-4H3,(H,58,61)(H,59,62,64)/t49-,53?,54+,55-/m1/s1. The van der Waals surface area contributed by atoms with E-state index >= 15 is 0 Å². The van der Waals surface area contributed by atoms with Crippen LogP contribution >= 0.6 is 0 Å². The molecule has 4 atom stereocenters. The molecule has 5 rings (SSSR count). The number of unbranched alkanes of at least 4 members (excludes halogenated alkanes) is 19. The van der Waals surface area contributed by atoms with Gasteiger partial charge in [0.1, 0.15) is 29.3 Å². The summed E-state index contributed by atoms with van der Waals surface area (Å²) in [6, 6.07) is 26.2. The lowest BCUT2D eigenvalue weighted by molar-refractivity contribution is -0.161. The van der Waals surface area contributed by atoms with Crippen molar-refractivity contribution in [1.82, 2.24) is 14.9 Å². The van der Waals surface area contributed by atoms with Crippen LogP contribution in [0.5, 0.6) is 11.5 Å². The molecule has 1 amide bonds. The Bertz CT molecular complexity index is 2150. The summed E-state index contributed by atoms with van der Waals surface area (Å²) >= 11 is 0. The molecule has 13 heteroatoms. The molecule has 1 unspecified atom stereocenters. The van der Waals surface area contributed by atoms with Gasteiger partial charge >= 0.3 is 11.7 Å². The molecule has 384 valence electrons. The van der Waals surface area contributed by atoms with Crippen molar-refractivity contribution in [1.29, 1.82) is 0 Å². The molecule has 4 aromatic rings. The average Bonchev–Trinajstić information content (AvgIpc) is 3.71. The van der Waals surface area contributed by atoms with E-state index in [1.54, 1.807) is 14.2 Å². The van der Waals surface area contributed by atoms with Gasteiger partial charge in [-0.05, 0) is 47.4 Å². The highest BCUT2D eigenvalue weighted by Crippen LogP contribution is 2.43. The minimum atomic E-state index is -1.24. The van der Waals surface area contributed by atoms with Crippen LogP contribution in [-0.4, -0.2) is 74.2 Å². The van der Waals surface area contributed by atoms with Gasteiger partial charge in [-0.3, -0.25) is 23.9 Å². The highest BCUT2D eigenvalue weighted by molar-refractivity contribution is 5.81. The number of esters is 1. The van der Waals surface area contributed by atoms with Crippen LogP contribution in [0.2, 0.25) is 0 Å². The Balaban J connectivity index is 1.26. The Morgan fingerprint density at radius 2 is 1.11 bits per heavy atom. The normalized spacial score (nSPS) is 16.8. The molecule has 13 nitrogen and oxygen atoms in total. The number of hydrogen-bond acceptors (Lipinski definition) is 10. The first-order valence-electron chi connectivity index (χ1n) is 26.2. The fourth-order valence-corrected chi connectivity index (χ4v) is 9.42. The quantitative estimate of drug-likeness (QED) is 0.0258. The van der Waals surface area contributed by atoms with Crippen LogP contribution in [0.1, 0.15) is 171 Å². The summed E-state index contributed by atoms with van der Waals surface area (Å²) in [6.45, 7) is 2.44. The number of hydrogen-bond donors (Lipinski definition) is 2. The Morgan fingerprint density at radius 3 is 1.59 bits per heavy atom. The molecular weight excluding hydrogens is 887 g/mol. The van der Waals surface area contributed by atoms with Crippen molar-refractivity contribution in [3.05, 3.63) is 129 Å². The summed E-state index contributed by atoms with van der Waals surface area (Å²) in [5, 5.41) is 2.55. The van der Waals surface area contributed by atoms with Crippen molar-refractivity contribution in [2.75, 3.05) is 34.5 Å². The Labute approximate surface area is 416 Å². The van der Waals surface area contributed by atoms with E-state index < -0.39 is 47.4 Å². The number of nitrogens with zero attached hydrogens (tertiary/aromatic N) is 1. The summed E-state index contributed by atoms with van der Waals surface area (Å²) in [4.78, 5) is 53.9. The van der Waals surface area contributed by atoms with Crippen LogP contribution in [0.25, 0.3) is 0 Å². The van der Waals surface area contributed by atoms with E-state index in [0.29, 0.717) is 18.1 Å². The van der Waals surface area contributed by atoms with Gasteiger partial charge in [0.2, 0.25) is 5.91 Å². The van der Waals surface area contributed by atoms with Crippen LogP contribution in [0.15, 0.2) is 101 Å². The molecule has 0 aliphatic carbocycles. The van der Waals surface area contributed by atoms with E-state index in [9.17, 15) is 19.2 Å². The zero-order valence-corrected chi connectivity index (χ0v) is 42.5. The van der Waals surface area contributed by atoms with Crippen LogP contribution in [0, 0.1) is 0 Å². The second-order valence-corrected chi connectivity index (χ2v) is 18.6. The number of carbonyl (C=O) groups is 2. The predicted molar refractivity (Wildman–Crippen MR) is 274 cm³/mol. The summed E-state index contributed by atoms with van der Waals surface area (Å²) in [7, 11) is 4.73. The molecular formula is C57H81N3O10. The zero-order valence-electron chi connectivity index (χ0n) is 42.5. The number of H-pyrrole nitrogens is 1. The van der Waals surface area contributed by atoms with E-state index in [2.05, 4.69) is 17.2 Å². The minimum absolute atomic E-state index is 0.0795. The number of ether oxygens (including phenoxy) is 6. The molecule has 2 N–H and O–H groups in total. The number of nitrogens with one attached hydrogen (secondary N) is 2. The van der Waals surface area contributed by atoms with Gasteiger partial charge in [0.25, 0.3) is 5.56 Å². The summed E-state index contributed by atoms with van der Waals surface area (Å²) < 4.78 is 39.1. The molecule has 0 saturated carbocycles. The van der Waals surface area contributed by atoms with Gasteiger partial charge < -0.3 is 33.7 Å². The number of aromatic nitrogens is 2. The second-order valence-electron chi connectivity index (χ2n) is 18.6. The largest absolute Gasteiger partial charge is 0.497 e. The summed E-state index contributed by atoms with van der Waals surface area (Å²) in [5.74, 6) is 0.385. The molecule has 1 aromatic heterocycles. The summed E-state index contributed by atoms with van der Waals surface area (Å²) in [6.07, 6.45) is 22.5. The molecule has 1 saturated heterocycles. The van der Waals surface area contributed by atoms with E-state index in [0.717, 1.165) is 42.4 Å². The third-order valence-electron chi connectivity index (χ3n) is 13.5. The monoisotopic (exact) mass is 968 g/mol. The van der Waals surface area contributed by atoms with Crippen molar-refractivity contribution in [3.8, 4) is 11.5 Å². The molecule has 1 aliphatic rings. The van der Waals surface area contributed by atoms with Gasteiger partial charge in [-0.1, -0.05) is 184 Å². The molecule has 0 spiro atoms. The van der Waals surface area contributed by atoms with E-state index in [1.807, 2.05) is 78.9 Å². The van der Waals surface area contributed by atoms with E-state index in [-0.39, 0.29) is 25.4 Å². The minimum Gasteiger partial charge on any atom is -0.497 e. The molecule has 0 radical (unpaired) electrons. The number of amides is 1. The van der Waals surface area contributed by atoms with E-state index in [1.165, 1.54) is 127 Å². The maximum Gasteiger partial charge on any atom is 0.330 e. The fourth-order valence-electron chi connectivity index (χ4n) is 9.42. The van der Waals surface area contributed by atoms with Crippen LogP contribution < -0.4 is 26.0 Å². The van der Waals surface area contributed by atoms with Crippen LogP contribution in [-0.2, 0) is 34.1 Å². The second kappa shape index (κ2) is 31.2. The van der Waals surface area contributed by atoms with Gasteiger partial charge in [-0.15, -0.1) is 0 Å². The lowest BCUT2D eigenvalue weighted by Gasteiger charge is -2.37. The van der Waals surface area contributed by atoms with Crippen LogP contribution in [0.4, 0.5) is 0 Å².